The highest BCUT2D eigenvalue weighted by Gasteiger charge is 2.27. The molecule has 1 aromatic heterocycles. The molecule has 1 aliphatic rings. The van der Waals surface area contributed by atoms with Gasteiger partial charge in [-0.15, -0.1) is 0 Å². The Morgan fingerprint density at radius 2 is 2.50 bits per heavy atom. The molecule has 0 radical (unpaired) electrons. The van der Waals surface area contributed by atoms with Gasteiger partial charge in [-0.2, -0.15) is 0 Å². The molecule has 0 bridgehead atoms. The molecule has 1 amide bonds. The van der Waals surface area contributed by atoms with Gasteiger partial charge in [-0.05, 0) is 28.1 Å². The first-order valence-corrected chi connectivity index (χ1v) is 6.77. The van der Waals surface area contributed by atoms with Crippen molar-refractivity contribution < 1.29 is 4.79 Å². The van der Waals surface area contributed by atoms with Crippen molar-refractivity contribution in [2.75, 3.05) is 26.7 Å². The number of pyridine rings is 1. The minimum absolute atomic E-state index is 0.0549. The first kappa shape index (κ1) is 13.5. The first-order chi connectivity index (χ1) is 8.70. The van der Waals surface area contributed by atoms with Gasteiger partial charge in [-0.25, -0.2) is 0 Å². The number of hydrogen-bond donors (Lipinski definition) is 2. The maximum Gasteiger partial charge on any atom is 0.238 e. The van der Waals surface area contributed by atoms with Gasteiger partial charge in [-0.1, -0.05) is 0 Å². The molecule has 0 saturated carbocycles. The number of hydrogen-bond acceptors (Lipinski definition) is 4. The summed E-state index contributed by atoms with van der Waals surface area (Å²) in [6.45, 7) is 3.16. The second kappa shape index (κ2) is 6.26. The lowest BCUT2D eigenvalue weighted by atomic mass is 10.1. The average molecular weight is 313 g/mol. The van der Waals surface area contributed by atoms with E-state index in [1.807, 2.05) is 12.1 Å². The molecule has 1 unspecified atom stereocenters. The molecule has 5 nitrogen and oxygen atoms in total. The molecule has 98 valence electrons. The maximum atomic E-state index is 11.8. The zero-order chi connectivity index (χ0) is 13.0. The third-order valence-electron chi connectivity index (χ3n) is 3.06. The van der Waals surface area contributed by atoms with Crippen molar-refractivity contribution in [2.45, 2.75) is 12.6 Å². The van der Waals surface area contributed by atoms with Crippen LogP contribution in [0.25, 0.3) is 0 Å². The van der Waals surface area contributed by atoms with E-state index in [1.54, 1.807) is 13.2 Å². The van der Waals surface area contributed by atoms with Crippen LogP contribution in [0.4, 0.5) is 0 Å². The second-order valence-electron chi connectivity index (χ2n) is 4.27. The van der Waals surface area contributed by atoms with Crippen LogP contribution in [-0.4, -0.2) is 48.5 Å². The zero-order valence-electron chi connectivity index (χ0n) is 10.3. The number of carbonyl (C=O) groups excluding carboxylic acids is 1. The fourth-order valence-corrected chi connectivity index (χ4v) is 2.30. The van der Waals surface area contributed by atoms with E-state index >= 15 is 0 Å². The molecule has 1 aliphatic heterocycles. The molecule has 2 rings (SSSR count). The number of carbonyl (C=O) groups is 1. The minimum atomic E-state index is -0.116. The summed E-state index contributed by atoms with van der Waals surface area (Å²) in [7, 11) is 1.67. The van der Waals surface area contributed by atoms with E-state index in [0.29, 0.717) is 13.1 Å². The van der Waals surface area contributed by atoms with Crippen LogP contribution in [0, 0.1) is 0 Å². The zero-order valence-corrected chi connectivity index (χ0v) is 11.9. The van der Waals surface area contributed by atoms with Crippen LogP contribution >= 0.6 is 15.9 Å². The van der Waals surface area contributed by atoms with Crippen molar-refractivity contribution in [3.05, 3.63) is 28.5 Å². The molecule has 6 heteroatoms. The van der Waals surface area contributed by atoms with Gasteiger partial charge >= 0.3 is 0 Å². The van der Waals surface area contributed by atoms with Gasteiger partial charge in [0.1, 0.15) is 6.04 Å². The lowest BCUT2D eigenvalue weighted by molar-refractivity contribution is -0.126. The number of amides is 1. The third kappa shape index (κ3) is 3.28. The Labute approximate surface area is 115 Å². The SMILES string of the molecule is CNC(=O)C1CNCCN1Cc1ccc(Br)cn1. The highest BCUT2D eigenvalue weighted by atomic mass is 79.9. The lowest BCUT2D eigenvalue weighted by Crippen LogP contribution is -2.56. The molecular formula is C12H17BrN4O. The van der Waals surface area contributed by atoms with Gasteiger partial charge in [0.05, 0.1) is 5.69 Å². The molecule has 2 N–H and O–H groups in total. The van der Waals surface area contributed by atoms with E-state index in [4.69, 9.17) is 0 Å². The van der Waals surface area contributed by atoms with Crippen molar-refractivity contribution in [1.82, 2.24) is 20.5 Å². The average Bonchev–Trinajstić information content (AvgIpc) is 2.41. The number of halogens is 1. The van der Waals surface area contributed by atoms with E-state index in [1.165, 1.54) is 0 Å². The van der Waals surface area contributed by atoms with Gasteiger partial charge in [-0.3, -0.25) is 14.7 Å². The molecule has 1 aromatic rings. The summed E-state index contributed by atoms with van der Waals surface area (Å²) in [5, 5.41) is 5.96. The summed E-state index contributed by atoms with van der Waals surface area (Å²) in [5.74, 6) is 0.0549. The minimum Gasteiger partial charge on any atom is -0.358 e. The Bertz CT molecular complexity index is 409. The summed E-state index contributed by atoms with van der Waals surface area (Å²) in [4.78, 5) is 18.3. The molecule has 1 fully saturated rings. The Morgan fingerprint density at radius 3 is 3.17 bits per heavy atom. The lowest BCUT2D eigenvalue weighted by Gasteiger charge is -2.34. The second-order valence-corrected chi connectivity index (χ2v) is 5.19. The molecular weight excluding hydrogens is 296 g/mol. The molecule has 0 spiro atoms. The van der Waals surface area contributed by atoms with Crippen molar-refractivity contribution >= 4 is 21.8 Å². The smallest absolute Gasteiger partial charge is 0.238 e. The van der Waals surface area contributed by atoms with Crippen LogP contribution in [0.3, 0.4) is 0 Å². The highest BCUT2D eigenvalue weighted by molar-refractivity contribution is 9.10. The number of likely N-dealkylation sites (N-methyl/N-ethyl adjacent to an activating group) is 1. The Balaban J connectivity index is 2.05. The summed E-state index contributed by atoms with van der Waals surface area (Å²) < 4.78 is 0.967. The predicted molar refractivity (Wildman–Crippen MR) is 73.1 cm³/mol. The van der Waals surface area contributed by atoms with Gasteiger partial charge in [0.15, 0.2) is 0 Å². The van der Waals surface area contributed by atoms with Gasteiger partial charge in [0, 0.05) is 43.9 Å². The van der Waals surface area contributed by atoms with E-state index in [0.717, 1.165) is 23.3 Å². The maximum absolute atomic E-state index is 11.8. The van der Waals surface area contributed by atoms with Crippen LogP contribution < -0.4 is 10.6 Å². The third-order valence-corrected chi connectivity index (χ3v) is 3.53. The van der Waals surface area contributed by atoms with Crippen LogP contribution in [0.2, 0.25) is 0 Å². The normalized spacial score (nSPS) is 20.7. The first-order valence-electron chi connectivity index (χ1n) is 5.97. The van der Waals surface area contributed by atoms with Gasteiger partial charge in [0.25, 0.3) is 0 Å². The highest BCUT2D eigenvalue weighted by Crippen LogP contribution is 2.12. The quantitative estimate of drug-likeness (QED) is 0.846. The number of nitrogens with one attached hydrogen (secondary N) is 2. The number of piperazine rings is 1. The summed E-state index contributed by atoms with van der Waals surface area (Å²) >= 11 is 3.37. The van der Waals surface area contributed by atoms with Gasteiger partial charge in [0.2, 0.25) is 5.91 Å². The van der Waals surface area contributed by atoms with Crippen molar-refractivity contribution in [2.24, 2.45) is 0 Å². The predicted octanol–water partition coefficient (Wildman–Crippen LogP) is 0.364. The van der Waals surface area contributed by atoms with E-state index in [2.05, 4.69) is 36.4 Å². The van der Waals surface area contributed by atoms with E-state index in [-0.39, 0.29) is 11.9 Å². The van der Waals surface area contributed by atoms with Crippen LogP contribution in [0.1, 0.15) is 5.69 Å². The number of aromatic nitrogens is 1. The molecule has 0 aromatic carbocycles. The largest absolute Gasteiger partial charge is 0.358 e. The fraction of sp³-hybridized carbons (Fsp3) is 0.500. The monoisotopic (exact) mass is 312 g/mol. The van der Waals surface area contributed by atoms with Gasteiger partial charge < -0.3 is 10.6 Å². The Hall–Kier alpha value is -0.980. The van der Waals surface area contributed by atoms with Crippen molar-refractivity contribution in [3.63, 3.8) is 0 Å². The molecule has 0 aliphatic carbocycles. The Morgan fingerprint density at radius 1 is 1.67 bits per heavy atom. The summed E-state index contributed by atoms with van der Waals surface area (Å²) in [5.41, 5.74) is 0.981. The fourth-order valence-electron chi connectivity index (χ4n) is 2.07. The molecule has 1 saturated heterocycles. The van der Waals surface area contributed by atoms with Crippen molar-refractivity contribution in [3.8, 4) is 0 Å². The van der Waals surface area contributed by atoms with E-state index in [9.17, 15) is 4.79 Å². The van der Waals surface area contributed by atoms with Crippen LogP contribution in [0.15, 0.2) is 22.8 Å². The Kier molecular flexibility index (Phi) is 4.68. The number of rotatable bonds is 3. The topological polar surface area (TPSA) is 57.3 Å². The summed E-state index contributed by atoms with van der Waals surface area (Å²) in [6, 6.07) is 3.83. The van der Waals surface area contributed by atoms with Crippen LogP contribution in [0.5, 0.6) is 0 Å². The van der Waals surface area contributed by atoms with E-state index < -0.39 is 0 Å². The summed E-state index contributed by atoms with van der Waals surface area (Å²) in [6.07, 6.45) is 1.78. The van der Waals surface area contributed by atoms with Crippen LogP contribution in [-0.2, 0) is 11.3 Å². The number of nitrogens with zero attached hydrogens (tertiary/aromatic N) is 2. The standard InChI is InChI=1S/C12H17BrN4O/c1-14-12(18)11-7-15-4-5-17(11)8-10-3-2-9(13)6-16-10/h2-3,6,11,15H,4-5,7-8H2,1H3,(H,14,18). The molecule has 18 heavy (non-hydrogen) atoms. The molecule has 2 heterocycles. The van der Waals surface area contributed by atoms with Crippen molar-refractivity contribution in [1.29, 1.82) is 0 Å². The molecule has 1 atom stereocenters.